The third kappa shape index (κ3) is 2.46. The van der Waals surface area contributed by atoms with Gasteiger partial charge in [0.2, 0.25) is 5.91 Å². The monoisotopic (exact) mass is 171 g/mol. The van der Waals surface area contributed by atoms with E-state index in [4.69, 9.17) is 5.73 Å². The summed E-state index contributed by atoms with van der Waals surface area (Å²) in [5.41, 5.74) is 5.39. The first-order valence-electron chi connectivity index (χ1n) is 4.45. The number of amides is 1. The highest BCUT2D eigenvalue weighted by molar-refractivity contribution is 5.79. The molecule has 12 heavy (non-hydrogen) atoms. The first kappa shape index (κ1) is 9.48. The maximum Gasteiger partial charge on any atom is 0.224 e. The summed E-state index contributed by atoms with van der Waals surface area (Å²) in [5, 5.41) is 6.02. The van der Waals surface area contributed by atoms with Gasteiger partial charge in [0.05, 0.1) is 5.92 Å². The average molecular weight is 171 g/mol. The Morgan fingerprint density at radius 1 is 1.83 bits per heavy atom. The summed E-state index contributed by atoms with van der Waals surface area (Å²) in [6, 6.07) is 0.0955. The fourth-order valence-corrected chi connectivity index (χ4v) is 1.30. The Morgan fingerprint density at radius 2 is 2.58 bits per heavy atom. The molecule has 0 aromatic heterocycles. The van der Waals surface area contributed by atoms with Gasteiger partial charge < -0.3 is 16.4 Å². The van der Waals surface area contributed by atoms with Gasteiger partial charge in [0.15, 0.2) is 0 Å². The molecule has 1 fully saturated rings. The Morgan fingerprint density at radius 3 is 3.08 bits per heavy atom. The second-order valence-electron chi connectivity index (χ2n) is 3.34. The molecule has 0 aromatic rings. The topological polar surface area (TPSA) is 67.1 Å². The zero-order valence-corrected chi connectivity index (χ0v) is 7.47. The highest BCUT2D eigenvalue weighted by Crippen LogP contribution is 2.06. The zero-order chi connectivity index (χ0) is 8.97. The summed E-state index contributed by atoms with van der Waals surface area (Å²) in [6.07, 6.45) is 0.948. The second kappa shape index (κ2) is 4.42. The molecule has 2 atom stereocenters. The van der Waals surface area contributed by atoms with Crippen molar-refractivity contribution in [3.63, 3.8) is 0 Å². The highest BCUT2D eigenvalue weighted by Gasteiger charge is 2.22. The molecular weight excluding hydrogens is 154 g/mol. The van der Waals surface area contributed by atoms with Crippen LogP contribution in [0.15, 0.2) is 0 Å². The van der Waals surface area contributed by atoms with Crippen molar-refractivity contribution in [3.8, 4) is 0 Å². The van der Waals surface area contributed by atoms with Gasteiger partial charge in [-0.25, -0.2) is 0 Å². The molecule has 0 spiro atoms. The molecule has 4 heteroatoms. The quantitative estimate of drug-likeness (QED) is 0.513. The lowest BCUT2D eigenvalue weighted by atomic mass is 10.1. The summed E-state index contributed by atoms with van der Waals surface area (Å²) in [7, 11) is 0. The van der Waals surface area contributed by atoms with Gasteiger partial charge in [-0.2, -0.15) is 0 Å². The predicted octanol–water partition coefficient (Wildman–Crippen LogP) is -0.941. The smallest absolute Gasteiger partial charge is 0.224 e. The van der Waals surface area contributed by atoms with Crippen LogP contribution in [-0.2, 0) is 4.79 Å². The minimum Gasteiger partial charge on any atom is -0.352 e. The van der Waals surface area contributed by atoms with Gasteiger partial charge in [0.1, 0.15) is 0 Å². The van der Waals surface area contributed by atoms with E-state index in [0.717, 1.165) is 19.5 Å². The van der Waals surface area contributed by atoms with Gasteiger partial charge in [-0.1, -0.05) is 0 Å². The highest BCUT2D eigenvalue weighted by atomic mass is 16.2. The number of rotatable bonds is 3. The van der Waals surface area contributed by atoms with Crippen LogP contribution in [0.25, 0.3) is 0 Å². The first-order chi connectivity index (χ1) is 5.74. The minimum atomic E-state index is 0.0955. The van der Waals surface area contributed by atoms with E-state index in [1.807, 2.05) is 6.92 Å². The van der Waals surface area contributed by atoms with Crippen molar-refractivity contribution in [2.45, 2.75) is 19.4 Å². The Kier molecular flexibility index (Phi) is 3.49. The molecule has 1 rings (SSSR count). The summed E-state index contributed by atoms with van der Waals surface area (Å²) >= 11 is 0. The summed E-state index contributed by atoms with van der Waals surface area (Å²) in [5.74, 6) is 0.289. The molecule has 0 aliphatic carbocycles. The largest absolute Gasteiger partial charge is 0.352 e. The van der Waals surface area contributed by atoms with E-state index in [1.54, 1.807) is 0 Å². The molecule has 1 aliphatic heterocycles. The molecule has 1 aliphatic rings. The lowest BCUT2D eigenvalue weighted by Gasteiger charge is -2.14. The number of hydrogen-bond acceptors (Lipinski definition) is 3. The summed E-state index contributed by atoms with van der Waals surface area (Å²) in [6.45, 7) is 4.18. The predicted molar refractivity (Wildman–Crippen MR) is 47.6 cm³/mol. The van der Waals surface area contributed by atoms with Crippen LogP contribution in [0.4, 0.5) is 0 Å². The molecule has 0 saturated carbocycles. The van der Waals surface area contributed by atoms with E-state index in [-0.39, 0.29) is 17.9 Å². The van der Waals surface area contributed by atoms with Crippen LogP contribution in [0.1, 0.15) is 13.3 Å². The number of nitrogens with one attached hydrogen (secondary N) is 2. The third-order valence-corrected chi connectivity index (χ3v) is 2.17. The van der Waals surface area contributed by atoms with Crippen molar-refractivity contribution in [2.75, 3.05) is 19.6 Å². The van der Waals surface area contributed by atoms with Crippen LogP contribution >= 0.6 is 0 Å². The molecule has 4 N–H and O–H groups in total. The van der Waals surface area contributed by atoms with Gasteiger partial charge in [-0.05, 0) is 19.9 Å². The molecule has 0 bridgehead atoms. The summed E-state index contributed by atoms with van der Waals surface area (Å²) in [4.78, 5) is 11.4. The number of hydrogen-bond donors (Lipinski definition) is 3. The fraction of sp³-hybridized carbons (Fsp3) is 0.875. The van der Waals surface area contributed by atoms with E-state index >= 15 is 0 Å². The first-order valence-corrected chi connectivity index (χ1v) is 4.45. The van der Waals surface area contributed by atoms with E-state index in [0.29, 0.717) is 6.54 Å². The van der Waals surface area contributed by atoms with Crippen molar-refractivity contribution in [2.24, 2.45) is 11.7 Å². The van der Waals surface area contributed by atoms with Crippen molar-refractivity contribution in [3.05, 3.63) is 0 Å². The van der Waals surface area contributed by atoms with Crippen LogP contribution in [0, 0.1) is 5.92 Å². The van der Waals surface area contributed by atoms with Gasteiger partial charge >= 0.3 is 0 Å². The van der Waals surface area contributed by atoms with Crippen molar-refractivity contribution in [1.82, 2.24) is 10.6 Å². The number of carbonyl (C=O) groups is 1. The zero-order valence-electron chi connectivity index (χ0n) is 7.47. The minimum absolute atomic E-state index is 0.0955. The van der Waals surface area contributed by atoms with E-state index in [9.17, 15) is 4.79 Å². The molecule has 0 unspecified atom stereocenters. The third-order valence-electron chi connectivity index (χ3n) is 2.17. The average Bonchev–Trinajstić information content (AvgIpc) is 2.56. The van der Waals surface area contributed by atoms with Gasteiger partial charge in [-0.3, -0.25) is 4.79 Å². The number of carbonyl (C=O) groups excluding carboxylic acids is 1. The number of nitrogens with two attached hydrogens (primary N) is 1. The van der Waals surface area contributed by atoms with Gasteiger partial charge in [0.25, 0.3) is 0 Å². The molecule has 4 nitrogen and oxygen atoms in total. The maximum absolute atomic E-state index is 11.4. The van der Waals surface area contributed by atoms with E-state index < -0.39 is 0 Å². The lowest BCUT2D eigenvalue weighted by Crippen LogP contribution is -2.41. The van der Waals surface area contributed by atoms with Crippen LogP contribution < -0.4 is 16.4 Å². The standard InChI is InChI=1S/C8H17N3O/c1-6(4-9)11-8(12)7-2-3-10-5-7/h6-7,10H,2-5,9H2,1H3,(H,11,12)/t6-,7+/m0/s1. The SMILES string of the molecule is C[C@@H](CN)NC(=O)[C@@H]1CCNC1. The Labute approximate surface area is 72.9 Å². The van der Waals surface area contributed by atoms with Crippen molar-refractivity contribution < 1.29 is 4.79 Å². The van der Waals surface area contributed by atoms with Crippen LogP contribution in [0.2, 0.25) is 0 Å². The maximum atomic E-state index is 11.4. The van der Waals surface area contributed by atoms with E-state index in [1.165, 1.54) is 0 Å². The second-order valence-corrected chi connectivity index (χ2v) is 3.34. The molecule has 1 heterocycles. The van der Waals surface area contributed by atoms with Gasteiger partial charge in [0, 0.05) is 19.1 Å². The van der Waals surface area contributed by atoms with Crippen LogP contribution in [0.5, 0.6) is 0 Å². The molecule has 1 amide bonds. The molecule has 0 aromatic carbocycles. The Hall–Kier alpha value is -0.610. The fourth-order valence-electron chi connectivity index (χ4n) is 1.30. The van der Waals surface area contributed by atoms with E-state index in [2.05, 4.69) is 10.6 Å². The molecule has 70 valence electrons. The molecule has 1 saturated heterocycles. The molecule has 0 radical (unpaired) electrons. The van der Waals surface area contributed by atoms with Crippen LogP contribution in [-0.4, -0.2) is 31.6 Å². The lowest BCUT2D eigenvalue weighted by molar-refractivity contribution is -0.124. The Balaban J connectivity index is 2.27. The normalized spacial score (nSPS) is 25.3. The summed E-state index contributed by atoms with van der Waals surface area (Å²) < 4.78 is 0. The van der Waals surface area contributed by atoms with Crippen molar-refractivity contribution >= 4 is 5.91 Å². The van der Waals surface area contributed by atoms with Gasteiger partial charge in [-0.15, -0.1) is 0 Å². The molecular formula is C8H17N3O. The van der Waals surface area contributed by atoms with Crippen LogP contribution in [0.3, 0.4) is 0 Å². The Bertz CT molecular complexity index is 154. The van der Waals surface area contributed by atoms with Crippen molar-refractivity contribution in [1.29, 1.82) is 0 Å².